The second-order valence-corrected chi connectivity index (χ2v) is 7.06. The zero-order valence-electron chi connectivity index (χ0n) is 12.6. The summed E-state index contributed by atoms with van der Waals surface area (Å²) in [6.45, 7) is 5.16. The van der Waals surface area contributed by atoms with Gasteiger partial charge in [-0.05, 0) is 31.1 Å². The van der Waals surface area contributed by atoms with Crippen LogP contribution in [0.1, 0.15) is 52.4 Å². The van der Waals surface area contributed by atoms with E-state index in [0.29, 0.717) is 36.9 Å². The normalized spacial score (nSPS) is 38.1. The van der Waals surface area contributed by atoms with Gasteiger partial charge in [0.1, 0.15) is 0 Å². The Morgan fingerprint density at radius 2 is 1.95 bits per heavy atom. The van der Waals surface area contributed by atoms with Gasteiger partial charge in [-0.25, -0.2) is 0 Å². The largest absolute Gasteiger partial charge is 0.353 e. The number of nitrogens with one attached hydrogen (secondary N) is 1. The third-order valence-corrected chi connectivity index (χ3v) is 5.55. The molecule has 4 heteroatoms. The lowest BCUT2D eigenvalue weighted by Crippen LogP contribution is -2.46. The molecule has 112 valence electrons. The fourth-order valence-electron chi connectivity index (χ4n) is 3.73. The van der Waals surface area contributed by atoms with Crippen molar-refractivity contribution in [3.63, 3.8) is 0 Å². The Balaban J connectivity index is 1.55. The highest BCUT2D eigenvalue weighted by atomic mass is 16.2. The quantitative estimate of drug-likeness (QED) is 0.857. The molecule has 20 heavy (non-hydrogen) atoms. The molecule has 2 aliphatic carbocycles. The van der Waals surface area contributed by atoms with Gasteiger partial charge in [0.15, 0.2) is 0 Å². The Labute approximate surface area is 121 Å². The van der Waals surface area contributed by atoms with Gasteiger partial charge in [0, 0.05) is 25.0 Å². The summed E-state index contributed by atoms with van der Waals surface area (Å²) in [5.74, 6) is 1.39. The minimum absolute atomic E-state index is 0.104. The lowest BCUT2D eigenvalue weighted by molar-refractivity contribution is -0.129. The van der Waals surface area contributed by atoms with E-state index >= 15 is 0 Å². The van der Waals surface area contributed by atoms with Crippen molar-refractivity contribution < 1.29 is 9.59 Å². The Hall–Kier alpha value is -1.06. The third kappa shape index (κ3) is 2.70. The summed E-state index contributed by atoms with van der Waals surface area (Å²) in [6, 6.07) is 0.741. The summed E-state index contributed by atoms with van der Waals surface area (Å²) in [5, 5.41) is 3.22. The second-order valence-electron chi connectivity index (χ2n) is 7.06. The maximum absolute atomic E-state index is 12.4. The molecule has 0 aromatic carbocycles. The Bertz CT molecular complexity index is 405. The van der Waals surface area contributed by atoms with E-state index < -0.39 is 0 Å². The topological polar surface area (TPSA) is 49.4 Å². The van der Waals surface area contributed by atoms with E-state index in [9.17, 15) is 9.59 Å². The van der Waals surface area contributed by atoms with Gasteiger partial charge in [-0.3, -0.25) is 9.59 Å². The highest BCUT2D eigenvalue weighted by Crippen LogP contribution is 2.33. The van der Waals surface area contributed by atoms with Gasteiger partial charge < -0.3 is 10.2 Å². The molecule has 0 unspecified atom stereocenters. The molecule has 3 aliphatic rings. The molecule has 1 N–H and O–H groups in total. The van der Waals surface area contributed by atoms with Crippen LogP contribution in [0.15, 0.2) is 0 Å². The highest BCUT2D eigenvalue weighted by Gasteiger charge is 2.42. The maximum Gasteiger partial charge on any atom is 0.225 e. The van der Waals surface area contributed by atoms with Crippen LogP contribution >= 0.6 is 0 Å². The summed E-state index contributed by atoms with van der Waals surface area (Å²) in [6.07, 6.45) is 6.22. The summed E-state index contributed by atoms with van der Waals surface area (Å²) < 4.78 is 0. The lowest BCUT2D eigenvalue weighted by Gasteiger charge is -2.35. The fourth-order valence-corrected chi connectivity index (χ4v) is 3.73. The summed E-state index contributed by atoms with van der Waals surface area (Å²) in [4.78, 5) is 26.3. The van der Waals surface area contributed by atoms with Crippen molar-refractivity contribution in [2.24, 2.45) is 17.8 Å². The molecule has 0 aromatic rings. The number of nitrogens with zero attached hydrogens (tertiary/aromatic N) is 1. The van der Waals surface area contributed by atoms with Crippen LogP contribution in [0.3, 0.4) is 0 Å². The van der Waals surface area contributed by atoms with Crippen LogP contribution in [0, 0.1) is 17.8 Å². The van der Waals surface area contributed by atoms with Gasteiger partial charge >= 0.3 is 0 Å². The molecule has 1 aliphatic heterocycles. The van der Waals surface area contributed by atoms with Gasteiger partial charge in [0.05, 0.1) is 5.92 Å². The molecule has 2 saturated carbocycles. The molecule has 1 saturated heterocycles. The molecule has 2 amide bonds. The smallest absolute Gasteiger partial charge is 0.225 e. The summed E-state index contributed by atoms with van der Waals surface area (Å²) in [5.41, 5.74) is 0. The molecule has 1 heterocycles. The molecular weight excluding hydrogens is 252 g/mol. The monoisotopic (exact) mass is 278 g/mol. The number of carbonyl (C=O) groups is 2. The van der Waals surface area contributed by atoms with Gasteiger partial charge in [0.25, 0.3) is 0 Å². The van der Waals surface area contributed by atoms with Crippen LogP contribution in [0.2, 0.25) is 0 Å². The first-order valence-electron chi connectivity index (χ1n) is 8.16. The van der Waals surface area contributed by atoms with Crippen molar-refractivity contribution in [1.82, 2.24) is 10.2 Å². The first-order valence-corrected chi connectivity index (χ1v) is 8.16. The van der Waals surface area contributed by atoms with Crippen LogP contribution in [-0.2, 0) is 9.59 Å². The summed E-state index contributed by atoms with van der Waals surface area (Å²) >= 11 is 0. The van der Waals surface area contributed by atoms with Crippen LogP contribution in [0.4, 0.5) is 0 Å². The SMILES string of the molecule is C[C@H]1[C@H](C)CCC[C@@H]1NC(=O)[C@@H]1CC(=O)N(C2CC2)C1. The number of rotatable bonds is 3. The first-order chi connectivity index (χ1) is 9.56. The average Bonchev–Trinajstić information content (AvgIpc) is 3.18. The minimum atomic E-state index is -0.118. The zero-order chi connectivity index (χ0) is 14.3. The molecule has 4 atom stereocenters. The predicted octanol–water partition coefficient (Wildman–Crippen LogP) is 1.94. The number of likely N-dealkylation sites (tertiary alicyclic amines) is 1. The number of hydrogen-bond acceptors (Lipinski definition) is 2. The minimum Gasteiger partial charge on any atom is -0.353 e. The Morgan fingerprint density at radius 1 is 1.20 bits per heavy atom. The van der Waals surface area contributed by atoms with Crippen molar-refractivity contribution in [2.75, 3.05) is 6.54 Å². The van der Waals surface area contributed by atoms with Gasteiger partial charge in [-0.2, -0.15) is 0 Å². The van der Waals surface area contributed by atoms with E-state index in [4.69, 9.17) is 0 Å². The van der Waals surface area contributed by atoms with Crippen molar-refractivity contribution >= 4 is 11.8 Å². The fraction of sp³-hybridized carbons (Fsp3) is 0.875. The highest BCUT2D eigenvalue weighted by molar-refractivity contribution is 5.89. The average molecular weight is 278 g/mol. The van der Waals surface area contributed by atoms with E-state index in [2.05, 4.69) is 19.2 Å². The molecule has 0 bridgehead atoms. The lowest BCUT2D eigenvalue weighted by atomic mass is 9.78. The van der Waals surface area contributed by atoms with E-state index in [1.807, 2.05) is 4.90 Å². The Kier molecular flexibility index (Phi) is 3.74. The molecular formula is C16H26N2O2. The molecule has 4 nitrogen and oxygen atoms in total. The van der Waals surface area contributed by atoms with E-state index in [1.165, 1.54) is 12.8 Å². The molecule has 0 aromatic heterocycles. The van der Waals surface area contributed by atoms with Crippen molar-refractivity contribution in [1.29, 1.82) is 0 Å². The van der Waals surface area contributed by atoms with Crippen molar-refractivity contribution in [3.8, 4) is 0 Å². The predicted molar refractivity (Wildman–Crippen MR) is 77.0 cm³/mol. The van der Waals surface area contributed by atoms with Gasteiger partial charge in [-0.1, -0.05) is 26.7 Å². The molecule has 3 rings (SSSR count). The van der Waals surface area contributed by atoms with E-state index in [1.54, 1.807) is 0 Å². The molecule has 3 fully saturated rings. The Morgan fingerprint density at radius 3 is 2.65 bits per heavy atom. The van der Waals surface area contributed by atoms with E-state index in [-0.39, 0.29) is 17.7 Å². The maximum atomic E-state index is 12.4. The second kappa shape index (κ2) is 5.38. The van der Waals surface area contributed by atoms with E-state index in [0.717, 1.165) is 19.3 Å². The number of carbonyl (C=O) groups excluding carboxylic acids is 2. The van der Waals surface area contributed by atoms with Crippen LogP contribution in [0.25, 0.3) is 0 Å². The van der Waals surface area contributed by atoms with Crippen LogP contribution < -0.4 is 5.32 Å². The third-order valence-electron chi connectivity index (χ3n) is 5.55. The molecule has 0 radical (unpaired) electrons. The molecule has 0 spiro atoms. The summed E-state index contributed by atoms with van der Waals surface area (Å²) in [7, 11) is 0. The van der Waals surface area contributed by atoms with Gasteiger partial charge in [-0.15, -0.1) is 0 Å². The van der Waals surface area contributed by atoms with Crippen LogP contribution in [0.5, 0.6) is 0 Å². The van der Waals surface area contributed by atoms with Crippen LogP contribution in [-0.4, -0.2) is 35.3 Å². The van der Waals surface area contributed by atoms with Crippen molar-refractivity contribution in [2.45, 2.75) is 64.5 Å². The standard InChI is InChI=1S/C16H26N2O2/c1-10-4-3-5-14(11(10)2)17-16(20)12-8-15(19)18(9-12)13-6-7-13/h10-14H,3-9H2,1-2H3,(H,17,20)/t10-,11+,12-,14+/m1/s1. The number of hydrogen-bond donors (Lipinski definition) is 1. The first kappa shape index (κ1) is 13.9. The number of amides is 2. The van der Waals surface area contributed by atoms with Gasteiger partial charge in [0.2, 0.25) is 11.8 Å². The van der Waals surface area contributed by atoms with Crippen molar-refractivity contribution in [3.05, 3.63) is 0 Å². The zero-order valence-corrected chi connectivity index (χ0v) is 12.6.